The van der Waals surface area contributed by atoms with E-state index in [-0.39, 0.29) is 12.1 Å². The minimum atomic E-state index is -3.50. The molecule has 0 saturated carbocycles. The first-order valence-electron chi connectivity index (χ1n) is 8.20. The van der Waals surface area contributed by atoms with Gasteiger partial charge in [0.15, 0.2) is 0 Å². The van der Waals surface area contributed by atoms with Crippen molar-refractivity contribution in [1.82, 2.24) is 4.31 Å². The summed E-state index contributed by atoms with van der Waals surface area (Å²) in [6.45, 7) is 3.69. The summed E-state index contributed by atoms with van der Waals surface area (Å²) in [4.78, 5) is 11.5. The van der Waals surface area contributed by atoms with Gasteiger partial charge in [-0.15, -0.1) is 0 Å². The van der Waals surface area contributed by atoms with Gasteiger partial charge in [0.2, 0.25) is 10.0 Å². The molecule has 0 N–H and O–H groups in total. The number of ether oxygens (including phenoxy) is 1. The molecule has 24 heavy (non-hydrogen) atoms. The van der Waals surface area contributed by atoms with Crippen molar-refractivity contribution in [3.8, 4) is 0 Å². The fraction of sp³-hybridized carbons (Fsp3) is 0.500. The Bertz CT molecular complexity index is 707. The number of nitrogens with zero attached hydrogens (tertiary/aromatic N) is 1. The third-order valence-corrected chi connectivity index (χ3v) is 6.11. The fourth-order valence-corrected chi connectivity index (χ4v) is 3.97. The molecular weight excluding hydrogens is 326 g/mol. The highest BCUT2D eigenvalue weighted by Crippen LogP contribution is 2.25. The first kappa shape index (κ1) is 18.7. The number of benzene rings is 1. The Labute approximate surface area is 144 Å². The number of allylic oxidation sites excluding steroid dienone is 1. The quantitative estimate of drug-likeness (QED) is 0.584. The second kappa shape index (κ2) is 7.94. The van der Waals surface area contributed by atoms with E-state index in [1.54, 1.807) is 31.3 Å². The highest BCUT2D eigenvalue weighted by molar-refractivity contribution is 7.89. The first-order valence-corrected chi connectivity index (χ1v) is 9.64. The van der Waals surface area contributed by atoms with Gasteiger partial charge in [-0.2, -0.15) is 0 Å². The maximum atomic E-state index is 12.6. The molecule has 1 atom stereocenters. The Balaban J connectivity index is 2.03. The van der Waals surface area contributed by atoms with E-state index in [4.69, 9.17) is 4.74 Å². The lowest BCUT2D eigenvalue weighted by atomic mass is 9.94. The zero-order valence-electron chi connectivity index (χ0n) is 14.5. The molecular formula is C18H25NO4S. The van der Waals surface area contributed by atoms with Crippen LogP contribution in [0.2, 0.25) is 0 Å². The fourth-order valence-electron chi connectivity index (χ4n) is 2.80. The van der Waals surface area contributed by atoms with Crippen molar-refractivity contribution in [2.75, 3.05) is 13.6 Å². The van der Waals surface area contributed by atoms with Gasteiger partial charge < -0.3 is 4.74 Å². The Hall–Kier alpha value is -1.66. The van der Waals surface area contributed by atoms with Crippen LogP contribution in [0.3, 0.4) is 0 Å². The van der Waals surface area contributed by atoms with Crippen LogP contribution in [0.5, 0.6) is 0 Å². The number of aryl methyl sites for hydroxylation is 1. The Kier molecular flexibility index (Phi) is 6.18. The van der Waals surface area contributed by atoms with Gasteiger partial charge in [0.1, 0.15) is 6.10 Å². The molecule has 0 saturated heterocycles. The predicted molar refractivity (Wildman–Crippen MR) is 93.1 cm³/mol. The number of rotatable bonds is 6. The minimum Gasteiger partial charge on any atom is -0.458 e. The number of hydrogen-bond acceptors (Lipinski definition) is 4. The van der Waals surface area contributed by atoms with E-state index in [9.17, 15) is 13.2 Å². The highest BCUT2D eigenvalue weighted by Gasteiger charge is 2.24. The van der Waals surface area contributed by atoms with E-state index in [0.717, 1.165) is 30.4 Å². The van der Waals surface area contributed by atoms with E-state index >= 15 is 0 Å². The molecule has 0 radical (unpaired) electrons. The zero-order valence-corrected chi connectivity index (χ0v) is 15.3. The van der Waals surface area contributed by atoms with E-state index in [0.29, 0.717) is 17.9 Å². The lowest BCUT2D eigenvalue weighted by Crippen LogP contribution is -2.30. The van der Waals surface area contributed by atoms with Crippen molar-refractivity contribution in [2.45, 2.75) is 50.5 Å². The Morgan fingerprint density at radius 2 is 1.96 bits per heavy atom. The summed E-state index contributed by atoms with van der Waals surface area (Å²) in [5.74, 6) is -0.298. The molecule has 0 fully saturated rings. The lowest BCUT2D eigenvalue weighted by molar-refractivity contribution is -0.145. The topological polar surface area (TPSA) is 63.7 Å². The summed E-state index contributed by atoms with van der Waals surface area (Å²) in [6.07, 6.45) is 5.16. The molecule has 2 rings (SSSR count). The minimum absolute atomic E-state index is 0.216. The van der Waals surface area contributed by atoms with Gasteiger partial charge >= 0.3 is 5.97 Å². The van der Waals surface area contributed by atoms with Crippen molar-refractivity contribution in [2.24, 2.45) is 0 Å². The largest absolute Gasteiger partial charge is 0.458 e. The number of carbonyl (C=O) groups is 1. The van der Waals surface area contributed by atoms with Crippen molar-refractivity contribution < 1.29 is 17.9 Å². The van der Waals surface area contributed by atoms with Crippen LogP contribution < -0.4 is 0 Å². The molecule has 6 heteroatoms. The highest BCUT2D eigenvalue weighted by atomic mass is 32.2. The Morgan fingerprint density at radius 1 is 1.29 bits per heavy atom. The Morgan fingerprint density at radius 3 is 2.58 bits per heavy atom. The molecule has 0 aromatic heterocycles. The predicted octanol–water partition coefficient (Wildman–Crippen LogP) is 3.05. The molecule has 0 aliphatic heterocycles. The third-order valence-electron chi connectivity index (χ3n) is 4.24. The van der Waals surface area contributed by atoms with Crippen LogP contribution in [0.25, 0.3) is 0 Å². The molecule has 1 aromatic rings. The number of carbonyl (C=O) groups excluding carboxylic acids is 1. The molecule has 0 spiro atoms. The monoisotopic (exact) mass is 351 g/mol. The van der Waals surface area contributed by atoms with Gasteiger partial charge in [-0.05, 0) is 50.3 Å². The number of hydrogen-bond donors (Lipinski definition) is 0. The van der Waals surface area contributed by atoms with Crippen LogP contribution in [0, 0.1) is 6.92 Å². The van der Waals surface area contributed by atoms with E-state index < -0.39 is 10.0 Å². The van der Waals surface area contributed by atoms with Crippen LogP contribution in [0.1, 0.15) is 38.2 Å². The molecule has 1 aliphatic carbocycles. The number of esters is 1. The van der Waals surface area contributed by atoms with Crippen molar-refractivity contribution in [1.29, 1.82) is 0 Å². The first-order chi connectivity index (χ1) is 11.3. The maximum absolute atomic E-state index is 12.6. The molecule has 0 amide bonds. The second-order valence-corrected chi connectivity index (χ2v) is 8.24. The molecule has 132 valence electrons. The number of sulfonamides is 1. The second-order valence-electron chi connectivity index (χ2n) is 6.20. The van der Waals surface area contributed by atoms with Crippen molar-refractivity contribution in [3.63, 3.8) is 0 Å². The van der Waals surface area contributed by atoms with Crippen molar-refractivity contribution >= 4 is 16.0 Å². The van der Waals surface area contributed by atoms with Gasteiger partial charge in [0.25, 0.3) is 0 Å². The van der Waals surface area contributed by atoms with Gasteiger partial charge in [0.05, 0.1) is 4.90 Å². The van der Waals surface area contributed by atoms with Crippen molar-refractivity contribution in [3.05, 3.63) is 41.5 Å². The summed E-state index contributed by atoms with van der Waals surface area (Å²) in [7, 11) is -1.92. The molecule has 1 aromatic carbocycles. The summed E-state index contributed by atoms with van der Waals surface area (Å²) < 4.78 is 31.9. The van der Waals surface area contributed by atoms with Crippen LogP contribution in [0.15, 0.2) is 40.8 Å². The van der Waals surface area contributed by atoms with Gasteiger partial charge in [-0.1, -0.05) is 23.8 Å². The van der Waals surface area contributed by atoms with Gasteiger partial charge in [-0.3, -0.25) is 4.79 Å². The molecule has 5 nitrogen and oxygen atoms in total. The lowest BCUT2D eigenvalue weighted by Gasteiger charge is -2.25. The van der Waals surface area contributed by atoms with Crippen LogP contribution in [-0.2, 0) is 19.6 Å². The average Bonchev–Trinajstić information content (AvgIpc) is 2.53. The van der Waals surface area contributed by atoms with E-state index in [1.165, 1.54) is 11.2 Å². The van der Waals surface area contributed by atoms with E-state index in [2.05, 4.69) is 6.08 Å². The standard InChI is InChI=1S/C18H25NO4S/c1-14-8-10-17(11-9-14)24(21,22)19(3)13-12-16-6-4-5-7-18(16)23-15(2)20/h6,8-11,18H,4-5,7,12-13H2,1-3H3. The van der Waals surface area contributed by atoms with Crippen LogP contribution in [-0.4, -0.2) is 38.4 Å². The van der Waals surface area contributed by atoms with Crippen LogP contribution >= 0.6 is 0 Å². The molecule has 0 bridgehead atoms. The average molecular weight is 351 g/mol. The normalized spacial score (nSPS) is 18.3. The molecule has 1 unspecified atom stereocenters. The molecule has 1 aliphatic rings. The summed E-state index contributed by atoms with van der Waals surface area (Å²) >= 11 is 0. The van der Waals surface area contributed by atoms with Gasteiger partial charge in [0, 0.05) is 20.5 Å². The van der Waals surface area contributed by atoms with Gasteiger partial charge in [-0.25, -0.2) is 12.7 Å². The maximum Gasteiger partial charge on any atom is 0.303 e. The third kappa shape index (κ3) is 4.68. The zero-order chi connectivity index (χ0) is 17.7. The summed E-state index contributed by atoms with van der Waals surface area (Å²) in [5.41, 5.74) is 2.04. The van der Waals surface area contributed by atoms with Crippen LogP contribution in [0.4, 0.5) is 0 Å². The smallest absolute Gasteiger partial charge is 0.303 e. The summed E-state index contributed by atoms with van der Waals surface area (Å²) in [5, 5.41) is 0. The molecule has 0 heterocycles. The summed E-state index contributed by atoms with van der Waals surface area (Å²) in [6, 6.07) is 6.84. The van der Waals surface area contributed by atoms with E-state index in [1.807, 2.05) is 6.92 Å². The SMILES string of the molecule is CC(=O)OC1CCCC=C1CCN(C)S(=O)(=O)c1ccc(C)cc1.